The number of nitrogen functional groups attached to an aromatic ring is 1. The van der Waals surface area contributed by atoms with Gasteiger partial charge < -0.3 is 5.73 Å². The van der Waals surface area contributed by atoms with Gasteiger partial charge in [-0.25, -0.2) is 17.5 Å². The summed E-state index contributed by atoms with van der Waals surface area (Å²) in [5.74, 6) is -0.335. The molecule has 1 aromatic rings. The second kappa shape index (κ2) is 5.67. The van der Waals surface area contributed by atoms with Crippen LogP contribution in [0.2, 0.25) is 0 Å². The monoisotopic (exact) mass is 274 g/mol. The van der Waals surface area contributed by atoms with Crippen LogP contribution in [0.15, 0.2) is 23.1 Å². The summed E-state index contributed by atoms with van der Waals surface area (Å²) in [6.45, 7) is 6.18. The van der Waals surface area contributed by atoms with Gasteiger partial charge in [0.25, 0.3) is 0 Å². The molecule has 1 atom stereocenters. The standard InChI is InChI=1S/C12H19FN2O2S/c1-8(2)9(3)7-15-18(16,17)12-10(13)5-4-6-11(12)14/h4-6,8-9,15H,7,14H2,1-3H3. The van der Waals surface area contributed by atoms with Crippen molar-refractivity contribution >= 4 is 15.7 Å². The molecule has 0 heterocycles. The molecule has 3 N–H and O–H groups in total. The predicted molar refractivity (Wildman–Crippen MR) is 70.0 cm³/mol. The molecule has 0 aliphatic rings. The molecule has 0 saturated heterocycles. The highest BCUT2D eigenvalue weighted by Gasteiger charge is 2.22. The van der Waals surface area contributed by atoms with Gasteiger partial charge >= 0.3 is 0 Å². The fourth-order valence-corrected chi connectivity index (χ4v) is 2.69. The lowest BCUT2D eigenvalue weighted by Crippen LogP contribution is -2.31. The van der Waals surface area contributed by atoms with Crippen molar-refractivity contribution in [2.75, 3.05) is 12.3 Å². The summed E-state index contributed by atoms with van der Waals surface area (Å²) < 4.78 is 39.9. The molecule has 6 heteroatoms. The van der Waals surface area contributed by atoms with E-state index in [9.17, 15) is 12.8 Å². The maximum Gasteiger partial charge on any atom is 0.245 e. The molecule has 1 aromatic carbocycles. The molecule has 1 rings (SSSR count). The fourth-order valence-electron chi connectivity index (χ4n) is 1.36. The van der Waals surface area contributed by atoms with Gasteiger partial charge in [-0.1, -0.05) is 26.8 Å². The zero-order valence-corrected chi connectivity index (χ0v) is 11.6. The van der Waals surface area contributed by atoms with E-state index >= 15 is 0 Å². The fraction of sp³-hybridized carbons (Fsp3) is 0.500. The first-order valence-corrected chi connectivity index (χ1v) is 7.27. The van der Waals surface area contributed by atoms with Gasteiger partial charge in [-0.15, -0.1) is 0 Å². The summed E-state index contributed by atoms with van der Waals surface area (Å²) in [4.78, 5) is -0.471. The number of hydrogen-bond acceptors (Lipinski definition) is 3. The number of benzene rings is 1. The highest BCUT2D eigenvalue weighted by Crippen LogP contribution is 2.21. The smallest absolute Gasteiger partial charge is 0.245 e. The van der Waals surface area contributed by atoms with E-state index in [0.717, 1.165) is 6.07 Å². The van der Waals surface area contributed by atoms with Crippen LogP contribution in [-0.2, 0) is 10.0 Å². The summed E-state index contributed by atoms with van der Waals surface area (Å²) in [5.41, 5.74) is 5.43. The Morgan fingerprint density at radius 3 is 2.44 bits per heavy atom. The number of anilines is 1. The number of rotatable bonds is 5. The maximum atomic E-state index is 13.5. The third-order valence-corrected chi connectivity index (χ3v) is 4.51. The SMILES string of the molecule is CC(C)C(C)CNS(=O)(=O)c1c(N)cccc1F. The highest BCUT2D eigenvalue weighted by molar-refractivity contribution is 7.89. The first-order chi connectivity index (χ1) is 8.25. The first-order valence-electron chi connectivity index (χ1n) is 5.79. The minimum Gasteiger partial charge on any atom is -0.398 e. The van der Waals surface area contributed by atoms with Gasteiger partial charge in [0.2, 0.25) is 10.0 Å². The van der Waals surface area contributed by atoms with Crippen LogP contribution in [-0.4, -0.2) is 15.0 Å². The zero-order valence-electron chi connectivity index (χ0n) is 10.8. The molecule has 0 bridgehead atoms. The number of halogens is 1. The Morgan fingerprint density at radius 1 is 1.33 bits per heavy atom. The van der Waals surface area contributed by atoms with Crippen molar-refractivity contribution in [2.45, 2.75) is 25.7 Å². The average Bonchev–Trinajstić information content (AvgIpc) is 2.25. The Balaban J connectivity index is 2.94. The van der Waals surface area contributed by atoms with E-state index in [4.69, 9.17) is 5.73 Å². The predicted octanol–water partition coefficient (Wildman–Crippen LogP) is 1.98. The summed E-state index contributed by atoms with van der Waals surface area (Å²) in [5, 5.41) is 0. The minimum absolute atomic E-state index is 0.0836. The normalized spacial score (nSPS) is 13.8. The van der Waals surface area contributed by atoms with Gasteiger partial charge in [0.15, 0.2) is 0 Å². The molecule has 0 amide bonds. The number of nitrogens with one attached hydrogen (secondary N) is 1. The molecule has 0 fully saturated rings. The van der Waals surface area contributed by atoms with Gasteiger partial charge in [0.05, 0.1) is 5.69 Å². The molecule has 4 nitrogen and oxygen atoms in total. The molecule has 18 heavy (non-hydrogen) atoms. The third-order valence-electron chi connectivity index (χ3n) is 3.00. The van der Waals surface area contributed by atoms with Gasteiger partial charge in [-0.05, 0) is 24.0 Å². The van der Waals surface area contributed by atoms with E-state index in [1.54, 1.807) is 0 Å². The van der Waals surface area contributed by atoms with Crippen LogP contribution in [0.3, 0.4) is 0 Å². The van der Waals surface area contributed by atoms with E-state index in [0.29, 0.717) is 5.92 Å². The molecular weight excluding hydrogens is 255 g/mol. The van der Waals surface area contributed by atoms with Crippen LogP contribution in [0.5, 0.6) is 0 Å². The van der Waals surface area contributed by atoms with Crippen molar-refractivity contribution in [3.8, 4) is 0 Å². The minimum atomic E-state index is -3.90. The molecule has 1 unspecified atom stereocenters. The van der Waals surface area contributed by atoms with Crippen LogP contribution >= 0.6 is 0 Å². The Bertz CT molecular complexity index is 495. The number of hydrogen-bond donors (Lipinski definition) is 2. The number of nitrogens with two attached hydrogens (primary N) is 1. The molecule has 0 radical (unpaired) electrons. The summed E-state index contributed by atoms with van der Waals surface area (Å²) in [6, 6.07) is 3.82. The average molecular weight is 274 g/mol. The van der Waals surface area contributed by atoms with Gasteiger partial charge in [0, 0.05) is 6.54 Å². The Hall–Kier alpha value is -1.14. The first kappa shape index (κ1) is 14.9. The van der Waals surface area contributed by atoms with E-state index in [1.807, 2.05) is 20.8 Å². The molecule has 0 aliphatic carbocycles. The molecule has 0 saturated carbocycles. The van der Waals surface area contributed by atoms with Crippen molar-refractivity contribution < 1.29 is 12.8 Å². The Kier molecular flexibility index (Phi) is 4.70. The van der Waals surface area contributed by atoms with E-state index < -0.39 is 20.7 Å². The lowest BCUT2D eigenvalue weighted by atomic mass is 9.99. The lowest BCUT2D eigenvalue weighted by Gasteiger charge is -2.17. The quantitative estimate of drug-likeness (QED) is 0.806. The van der Waals surface area contributed by atoms with Crippen LogP contribution in [0.25, 0.3) is 0 Å². The van der Waals surface area contributed by atoms with Crippen LogP contribution < -0.4 is 10.5 Å². The van der Waals surface area contributed by atoms with E-state index in [-0.39, 0.29) is 18.2 Å². The molecule has 102 valence electrons. The Labute approximate surface area is 107 Å². The molecule has 0 aliphatic heterocycles. The third kappa shape index (κ3) is 3.43. The van der Waals surface area contributed by atoms with Crippen molar-refractivity contribution in [2.24, 2.45) is 11.8 Å². The Morgan fingerprint density at radius 2 is 1.94 bits per heavy atom. The van der Waals surface area contributed by atoms with E-state index in [2.05, 4.69) is 4.72 Å². The molecule has 0 aromatic heterocycles. The van der Waals surface area contributed by atoms with Crippen molar-refractivity contribution in [3.63, 3.8) is 0 Å². The number of sulfonamides is 1. The van der Waals surface area contributed by atoms with Crippen LogP contribution in [0.4, 0.5) is 10.1 Å². The second-order valence-electron chi connectivity index (χ2n) is 4.73. The second-order valence-corrected chi connectivity index (χ2v) is 6.44. The van der Waals surface area contributed by atoms with E-state index in [1.165, 1.54) is 12.1 Å². The summed E-state index contributed by atoms with van der Waals surface area (Å²) in [6.07, 6.45) is 0. The summed E-state index contributed by atoms with van der Waals surface area (Å²) in [7, 11) is -3.90. The topological polar surface area (TPSA) is 72.2 Å². The van der Waals surface area contributed by atoms with Gasteiger partial charge in [-0.2, -0.15) is 0 Å². The largest absolute Gasteiger partial charge is 0.398 e. The van der Waals surface area contributed by atoms with Crippen molar-refractivity contribution in [1.29, 1.82) is 0 Å². The molecule has 0 spiro atoms. The van der Waals surface area contributed by atoms with Crippen LogP contribution in [0, 0.1) is 17.7 Å². The van der Waals surface area contributed by atoms with Crippen molar-refractivity contribution in [3.05, 3.63) is 24.0 Å². The molecular formula is C12H19FN2O2S. The van der Waals surface area contributed by atoms with Crippen molar-refractivity contribution in [1.82, 2.24) is 4.72 Å². The van der Waals surface area contributed by atoms with Crippen LogP contribution in [0.1, 0.15) is 20.8 Å². The lowest BCUT2D eigenvalue weighted by molar-refractivity contribution is 0.414. The zero-order chi connectivity index (χ0) is 13.9. The highest BCUT2D eigenvalue weighted by atomic mass is 32.2. The van der Waals surface area contributed by atoms with Gasteiger partial charge in [-0.3, -0.25) is 0 Å². The maximum absolute atomic E-state index is 13.5. The van der Waals surface area contributed by atoms with Gasteiger partial charge in [0.1, 0.15) is 10.7 Å². The summed E-state index contributed by atoms with van der Waals surface area (Å²) >= 11 is 0.